The van der Waals surface area contributed by atoms with Crippen molar-refractivity contribution in [3.63, 3.8) is 0 Å². The second kappa shape index (κ2) is 13.2. The van der Waals surface area contributed by atoms with Gasteiger partial charge in [0.25, 0.3) is 0 Å². The molecule has 1 fully saturated rings. The Balaban J connectivity index is 1.58. The Kier molecular flexibility index (Phi) is 10.0. The highest BCUT2D eigenvalue weighted by Crippen LogP contribution is 2.31. The number of alkyl carbamates (subject to hydrolysis) is 1. The smallest absolute Gasteiger partial charge is 0.407 e. The van der Waals surface area contributed by atoms with Crippen molar-refractivity contribution in [1.29, 1.82) is 0 Å². The van der Waals surface area contributed by atoms with Crippen LogP contribution in [-0.2, 0) is 41.6 Å². The van der Waals surface area contributed by atoms with Crippen LogP contribution in [0.5, 0.6) is 0 Å². The molecule has 1 aromatic rings. The lowest BCUT2D eigenvalue weighted by molar-refractivity contribution is -0.218. The van der Waals surface area contributed by atoms with Crippen LogP contribution in [0.4, 0.5) is 4.79 Å². The number of methoxy groups -OCH3 is 1. The molecule has 3 heterocycles. The van der Waals surface area contributed by atoms with Gasteiger partial charge in [0.2, 0.25) is 12.3 Å². The summed E-state index contributed by atoms with van der Waals surface area (Å²) in [4.78, 5) is 55.3. The van der Waals surface area contributed by atoms with Gasteiger partial charge in [-0.1, -0.05) is 40.7 Å². The number of carbonyl (C=O) groups excluding carboxylic acids is 4. The third-order valence-electron chi connectivity index (χ3n) is 8.28. The fourth-order valence-corrected chi connectivity index (χ4v) is 5.72. The van der Waals surface area contributed by atoms with Crippen LogP contribution in [-0.4, -0.2) is 90.3 Å². The number of cyclic esters (lactones) is 2. The van der Waals surface area contributed by atoms with Gasteiger partial charge in [-0.3, -0.25) is 4.79 Å². The van der Waals surface area contributed by atoms with E-state index in [1.807, 2.05) is 40.7 Å². The summed E-state index contributed by atoms with van der Waals surface area (Å²) in [6, 6.07) is 3.39. The van der Waals surface area contributed by atoms with Gasteiger partial charge >= 0.3 is 18.0 Å². The largest absolute Gasteiger partial charge is 0.467 e. The van der Waals surface area contributed by atoms with E-state index in [9.17, 15) is 24.3 Å². The molecule has 12 heteroatoms. The third kappa shape index (κ3) is 8.04. The maximum Gasteiger partial charge on any atom is 0.407 e. The normalized spacial score (nSPS) is 29.0. The number of aliphatic hydroxyl groups excluding tert-OH is 1. The van der Waals surface area contributed by atoms with Crippen LogP contribution in [0.25, 0.3) is 0 Å². The summed E-state index contributed by atoms with van der Waals surface area (Å²) in [5.41, 5.74) is 1.22. The Hall–Kier alpha value is -3.22. The molecule has 0 aliphatic carbocycles. The van der Waals surface area contributed by atoms with Gasteiger partial charge in [0.05, 0.1) is 32.0 Å². The molecule has 3 unspecified atom stereocenters. The van der Waals surface area contributed by atoms with E-state index >= 15 is 0 Å². The van der Waals surface area contributed by atoms with Crippen LogP contribution in [0, 0.1) is 10.8 Å². The van der Waals surface area contributed by atoms with Crippen LogP contribution < -0.4 is 5.32 Å². The molecular formula is C31H45N3O9. The number of nitrogens with zero attached hydrogens (tertiary/aromatic N) is 2. The third-order valence-corrected chi connectivity index (χ3v) is 8.28. The van der Waals surface area contributed by atoms with E-state index in [0.717, 1.165) is 24.0 Å². The summed E-state index contributed by atoms with van der Waals surface area (Å²) in [5.74, 6) is -1.49. The van der Waals surface area contributed by atoms with Gasteiger partial charge in [-0.25, -0.2) is 19.3 Å². The zero-order chi connectivity index (χ0) is 31.5. The van der Waals surface area contributed by atoms with Gasteiger partial charge in [-0.15, -0.1) is 0 Å². The fourth-order valence-electron chi connectivity index (χ4n) is 5.72. The molecule has 4 rings (SSSR count). The Bertz CT molecular complexity index is 1210. The first-order valence-corrected chi connectivity index (χ1v) is 14.9. The van der Waals surface area contributed by atoms with Gasteiger partial charge in [-0.05, 0) is 53.4 Å². The molecule has 0 radical (unpaired) electrons. The minimum absolute atomic E-state index is 0.0166. The maximum absolute atomic E-state index is 13.9. The van der Waals surface area contributed by atoms with E-state index in [0.29, 0.717) is 25.1 Å². The molecule has 3 aliphatic heterocycles. The monoisotopic (exact) mass is 603 g/mol. The van der Waals surface area contributed by atoms with Gasteiger partial charge < -0.3 is 34.3 Å². The molecular weight excluding hydrogens is 558 g/mol. The first-order chi connectivity index (χ1) is 20.2. The average Bonchev–Trinajstić information content (AvgIpc) is 3.57. The number of fused-ring (bicyclic) bond motifs is 4. The van der Waals surface area contributed by atoms with Crippen molar-refractivity contribution >= 4 is 23.9 Å². The summed E-state index contributed by atoms with van der Waals surface area (Å²) < 4.78 is 22.0. The van der Waals surface area contributed by atoms with Crippen LogP contribution in [0.1, 0.15) is 81.8 Å². The Morgan fingerprint density at radius 2 is 1.81 bits per heavy atom. The van der Waals surface area contributed by atoms with Crippen LogP contribution in [0.3, 0.4) is 0 Å². The number of carbonyl (C=O) groups is 4. The van der Waals surface area contributed by atoms with Crippen molar-refractivity contribution < 1.29 is 43.2 Å². The molecule has 5 bridgehead atoms. The average molecular weight is 604 g/mol. The predicted molar refractivity (Wildman–Crippen MR) is 154 cm³/mol. The van der Waals surface area contributed by atoms with E-state index in [-0.39, 0.29) is 31.6 Å². The van der Waals surface area contributed by atoms with Gasteiger partial charge in [0, 0.05) is 26.1 Å². The second-order valence-electron chi connectivity index (χ2n) is 13.5. The molecule has 3 aliphatic rings. The Morgan fingerprint density at radius 1 is 1.09 bits per heavy atom. The second-order valence-corrected chi connectivity index (χ2v) is 13.5. The Labute approximate surface area is 253 Å². The van der Waals surface area contributed by atoms with Crippen molar-refractivity contribution in [2.75, 3.05) is 26.9 Å². The summed E-state index contributed by atoms with van der Waals surface area (Å²) in [6.45, 7) is 10.6. The number of nitrogens with one attached hydrogen (secondary N) is 1. The number of esters is 2. The van der Waals surface area contributed by atoms with Crippen molar-refractivity contribution in [2.24, 2.45) is 10.8 Å². The molecule has 2 N–H and O–H groups in total. The number of rotatable bonds is 1. The number of amides is 2. The van der Waals surface area contributed by atoms with Crippen molar-refractivity contribution in [3.05, 3.63) is 34.9 Å². The van der Waals surface area contributed by atoms with Crippen LogP contribution in [0.2, 0.25) is 0 Å². The molecule has 1 aromatic carbocycles. The highest BCUT2D eigenvalue weighted by molar-refractivity contribution is 5.91. The van der Waals surface area contributed by atoms with E-state index < -0.39 is 54.0 Å². The lowest BCUT2D eigenvalue weighted by atomic mass is 9.85. The molecule has 238 valence electrons. The van der Waals surface area contributed by atoms with E-state index in [2.05, 4.69) is 5.32 Å². The molecule has 2 amide bonds. The summed E-state index contributed by atoms with van der Waals surface area (Å²) in [5, 5.41) is 13.7. The van der Waals surface area contributed by atoms with Gasteiger partial charge in [0.1, 0.15) is 12.1 Å². The minimum Gasteiger partial charge on any atom is -0.467 e. The lowest BCUT2D eigenvalue weighted by Crippen LogP contribution is -2.57. The quantitative estimate of drug-likeness (QED) is 0.363. The predicted octanol–water partition coefficient (Wildman–Crippen LogP) is 2.95. The summed E-state index contributed by atoms with van der Waals surface area (Å²) >= 11 is 0. The molecule has 12 nitrogen and oxygen atoms in total. The van der Waals surface area contributed by atoms with Crippen molar-refractivity contribution in [3.8, 4) is 0 Å². The van der Waals surface area contributed by atoms with Crippen LogP contribution >= 0.6 is 0 Å². The minimum atomic E-state index is -1.32. The molecule has 0 saturated carbocycles. The number of hydrogen-bond acceptors (Lipinski definition) is 10. The lowest BCUT2D eigenvalue weighted by Gasteiger charge is -2.35. The molecule has 43 heavy (non-hydrogen) atoms. The van der Waals surface area contributed by atoms with E-state index in [1.165, 1.54) is 12.0 Å². The van der Waals surface area contributed by atoms with E-state index in [4.69, 9.17) is 18.9 Å². The topological polar surface area (TPSA) is 144 Å². The molecule has 0 spiro atoms. The van der Waals surface area contributed by atoms with Gasteiger partial charge in [0.15, 0.2) is 0 Å². The number of aliphatic hydroxyl groups is 1. The first-order valence-electron chi connectivity index (χ1n) is 14.9. The first kappa shape index (κ1) is 32.7. The maximum atomic E-state index is 13.9. The molecule has 0 aromatic heterocycles. The summed E-state index contributed by atoms with van der Waals surface area (Å²) in [7, 11) is 1.25. The standard InChI is InChI=1S/C31H45N3O9/c1-30(2,3)24-25(35)34-17-22(14-23(34)27(37)40-6)43-29(39)33-15-20-10-9-19(13-21(20)16-33)26(36)41-12-8-7-11-31(4,5)18-42-28(38)32-24/h9-10,13,22-24,29,39H,7-8,11-12,14-18H2,1-6H3,(H,32,38)/t22-,23?,24-,29?/m1/s1. The van der Waals surface area contributed by atoms with Crippen molar-refractivity contribution in [1.82, 2.24) is 15.1 Å². The zero-order valence-electron chi connectivity index (χ0n) is 26.0. The van der Waals surface area contributed by atoms with Crippen LogP contribution in [0.15, 0.2) is 18.2 Å². The van der Waals surface area contributed by atoms with Gasteiger partial charge in [-0.2, -0.15) is 0 Å². The SMILES string of the molecule is COC(=O)C1C[C@@H]2CN1C(=O)[C@H](C(C)(C)C)NC(=O)OCC(C)(C)CCCCOC(=O)c1ccc3c(c1)CN(C3)C(O)O2. The number of ether oxygens (including phenoxy) is 4. The summed E-state index contributed by atoms with van der Waals surface area (Å²) in [6.07, 6.45) is -0.474. The van der Waals surface area contributed by atoms with E-state index in [1.54, 1.807) is 17.0 Å². The number of benzene rings is 1. The highest BCUT2D eigenvalue weighted by Gasteiger charge is 2.47. The highest BCUT2D eigenvalue weighted by atomic mass is 16.6. The fraction of sp³-hybridized carbons (Fsp3) is 0.677. The Morgan fingerprint density at radius 3 is 2.51 bits per heavy atom. The van der Waals surface area contributed by atoms with Crippen molar-refractivity contribution in [2.45, 2.75) is 98.0 Å². The molecule has 5 atom stereocenters. The molecule has 1 saturated heterocycles. The zero-order valence-corrected chi connectivity index (χ0v) is 26.0. The number of hydrogen-bond donors (Lipinski definition) is 2.